The number of benzene rings is 2. The van der Waals surface area contributed by atoms with E-state index in [0.29, 0.717) is 23.7 Å². The standard InChI is InChI=1S/C21H21N3O3/c1-26-18-7-8-20(27-2)19(11-18)23-21(25)17(12-22)14-24-10-9-15-5-3-4-6-16(15)13-24/h3-8,11,14H,9-10,13H2,1-2H3,(H,23,25)/b17-14-. The van der Waals surface area contributed by atoms with Gasteiger partial charge in [0.05, 0.1) is 19.9 Å². The van der Waals surface area contributed by atoms with Gasteiger partial charge >= 0.3 is 0 Å². The van der Waals surface area contributed by atoms with Gasteiger partial charge in [0, 0.05) is 25.4 Å². The predicted molar refractivity (Wildman–Crippen MR) is 102 cm³/mol. The number of nitrogens with zero attached hydrogens (tertiary/aromatic N) is 2. The van der Waals surface area contributed by atoms with Crippen LogP contribution in [0.25, 0.3) is 0 Å². The van der Waals surface area contributed by atoms with Crippen LogP contribution in [0.4, 0.5) is 5.69 Å². The van der Waals surface area contributed by atoms with Crippen molar-refractivity contribution in [2.75, 3.05) is 26.1 Å². The van der Waals surface area contributed by atoms with Crippen molar-refractivity contribution in [2.24, 2.45) is 0 Å². The highest BCUT2D eigenvalue weighted by atomic mass is 16.5. The summed E-state index contributed by atoms with van der Waals surface area (Å²) in [5, 5.41) is 12.2. The van der Waals surface area contributed by atoms with Crippen LogP contribution < -0.4 is 14.8 Å². The topological polar surface area (TPSA) is 74.6 Å². The number of nitriles is 1. The van der Waals surface area contributed by atoms with Crippen LogP contribution in [0.5, 0.6) is 11.5 Å². The maximum Gasteiger partial charge on any atom is 0.267 e. The Morgan fingerprint density at radius 1 is 1.19 bits per heavy atom. The van der Waals surface area contributed by atoms with Crippen molar-refractivity contribution < 1.29 is 14.3 Å². The number of amides is 1. The van der Waals surface area contributed by atoms with E-state index in [-0.39, 0.29) is 5.57 Å². The lowest BCUT2D eigenvalue weighted by molar-refractivity contribution is -0.112. The van der Waals surface area contributed by atoms with Gasteiger partial charge in [0.2, 0.25) is 0 Å². The second-order valence-corrected chi connectivity index (χ2v) is 6.16. The molecular formula is C21H21N3O3. The van der Waals surface area contributed by atoms with Crippen LogP contribution in [0.2, 0.25) is 0 Å². The lowest BCUT2D eigenvalue weighted by Gasteiger charge is -2.27. The van der Waals surface area contributed by atoms with E-state index in [2.05, 4.69) is 17.4 Å². The van der Waals surface area contributed by atoms with Crippen molar-refractivity contribution in [3.05, 3.63) is 65.4 Å². The maximum absolute atomic E-state index is 12.6. The summed E-state index contributed by atoms with van der Waals surface area (Å²) >= 11 is 0. The molecule has 0 saturated carbocycles. The number of nitrogens with one attached hydrogen (secondary N) is 1. The van der Waals surface area contributed by atoms with Crippen LogP contribution in [0.1, 0.15) is 11.1 Å². The fourth-order valence-corrected chi connectivity index (χ4v) is 3.05. The Morgan fingerprint density at radius 3 is 2.67 bits per heavy atom. The van der Waals surface area contributed by atoms with Crippen LogP contribution in [0, 0.1) is 11.3 Å². The monoisotopic (exact) mass is 363 g/mol. The highest BCUT2D eigenvalue weighted by Gasteiger charge is 2.18. The van der Waals surface area contributed by atoms with E-state index in [4.69, 9.17) is 9.47 Å². The summed E-state index contributed by atoms with van der Waals surface area (Å²) in [4.78, 5) is 14.6. The number of rotatable bonds is 5. The normalized spacial score (nSPS) is 13.4. The molecule has 6 nitrogen and oxygen atoms in total. The first kappa shape index (κ1) is 18.3. The van der Waals surface area contributed by atoms with Crippen LogP contribution in [0.3, 0.4) is 0 Å². The van der Waals surface area contributed by atoms with Crippen LogP contribution in [-0.2, 0) is 17.8 Å². The molecule has 0 bridgehead atoms. The number of fused-ring (bicyclic) bond motifs is 1. The highest BCUT2D eigenvalue weighted by molar-refractivity contribution is 6.07. The molecule has 0 aromatic heterocycles. The number of anilines is 1. The lowest BCUT2D eigenvalue weighted by Crippen LogP contribution is -2.27. The molecule has 27 heavy (non-hydrogen) atoms. The molecule has 0 aliphatic carbocycles. The van der Waals surface area contributed by atoms with E-state index >= 15 is 0 Å². The second kappa shape index (κ2) is 8.28. The summed E-state index contributed by atoms with van der Waals surface area (Å²) in [7, 11) is 3.06. The molecule has 138 valence electrons. The van der Waals surface area contributed by atoms with Crippen molar-refractivity contribution in [1.82, 2.24) is 4.90 Å². The minimum Gasteiger partial charge on any atom is -0.497 e. The fourth-order valence-electron chi connectivity index (χ4n) is 3.05. The van der Waals surface area contributed by atoms with E-state index in [1.165, 1.54) is 18.2 Å². The smallest absolute Gasteiger partial charge is 0.267 e. The minimum absolute atomic E-state index is 0.0410. The molecule has 1 amide bonds. The molecule has 1 N–H and O–H groups in total. The Bertz CT molecular complexity index is 915. The van der Waals surface area contributed by atoms with E-state index in [1.54, 1.807) is 31.5 Å². The van der Waals surface area contributed by atoms with Gasteiger partial charge in [-0.05, 0) is 29.7 Å². The Kier molecular flexibility index (Phi) is 5.62. The van der Waals surface area contributed by atoms with Crippen molar-refractivity contribution >= 4 is 11.6 Å². The quantitative estimate of drug-likeness (QED) is 0.653. The average molecular weight is 363 g/mol. The maximum atomic E-state index is 12.6. The second-order valence-electron chi connectivity index (χ2n) is 6.16. The molecule has 0 unspecified atom stereocenters. The third-order valence-electron chi connectivity index (χ3n) is 4.49. The van der Waals surface area contributed by atoms with E-state index in [9.17, 15) is 10.1 Å². The van der Waals surface area contributed by atoms with E-state index in [1.807, 2.05) is 23.1 Å². The molecular weight excluding hydrogens is 342 g/mol. The molecule has 6 heteroatoms. The molecule has 0 fully saturated rings. The molecule has 1 aliphatic rings. The predicted octanol–water partition coefficient (Wildman–Crippen LogP) is 3.11. The molecule has 0 spiro atoms. The number of hydrogen-bond donors (Lipinski definition) is 1. The first-order valence-corrected chi connectivity index (χ1v) is 8.60. The third kappa shape index (κ3) is 4.21. The van der Waals surface area contributed by atoms with Gasteiger partial charge < -0.3 is 19.7 Å². The molecule has 3 rings (SSSR count). The summed E-state index contributed by atoms with van der Waals surface area (Å²) in [6.07, 6.45) is 2.51. The summed E-state index contributed by atoms with van der Waals surface area (Å²) < 4.78 is 10.4. The van der Waals surface area contributed by atoms with Gasteiger partial charge in [-0.15, -0.1) is 0 Å². The number of hydrogen-bond acceptors (Lipinski definition) is 5. The lowest BCUT2D eigenvalue weighted by atomic mass is 10.0. The Labute approximate surface area is 158 Å². The van der Waals surface area contributed by atoms with Crippen LogP contribution >= 0.6 is 0 Å². The van der Waals surface area contributed by atoms with E-state index < -0.39 is 5.91 Å². The van der Waals surface area contributed by atoms with E-state index in [0.717, 1.165) is 13.0 Å². The number of methoxy groups -OCH3 is 2. The van der Waals surface area contributed by atoms with Gasteiger partial charge in [-0.25, -0.2) is 0 Å². The molecule has 0 radical (unpaired) electrons. The van der Waals surface area contributed by atoms with Gasteiger partial charge in [-0.1, -0.05) is 24.3 Å². The number of carbonyl (C=O) groups is 1. The summed E-state index contributed by atoms with van der Waals surface area (Å²) in [6.45, 7) is 1.44. The highest BCUT2D eigenvalue weighted by Crippen LogP contribution is 2.29. The summed E-state index contributed by atoms with van der Waals surface area (Å²) in [6, 6.07) is 15.3. The van der Waals surface area contributed by atoms with Gasteiger partial charge in [0.1, 0.15) is 23.1 Å². The zero-order chi connectivity index (χ0) is 19.2. The zero-order valence-corrected chi connectivity index (χ0v) is 15.4. The van der Waals surface area contributed by atoms with Crippen molar-refractivity contribution in [2.45, 2.75) is 13.0 Å². The average Bonchev–Trinajstić information content (AvgIpc) is 2.71. The zero-order valence-electron chi connectivity index (χ0n) is 15.4. The van der Waals surface area contributed by atoms with Crippen molar-refractivity contribution in [1.29, 1.82) is 5.26 Å². The molecule has 1 heterocycles. The molecule has 0 atom stereocenters. The number of ether oxygens (including phenoxy) is 2. The largest absolute Gasteiger partial charge is 0.497 e. The van der Waals surface area contributed by atoms with Crippen molar-refractivity contribution in [3.63, 3.8) is 0 Å². The molecule has 0 saturated heterocycles. The van der Waals surface area contributed by atoms with Crippen LogP contribution in [0.15, 0.2) is 54.2 Å². The van der Waals surface area contributed by atoms with Gasteiger partial charge in [0.25, 0.3) is 5.91 Å². The third-order valence-corrected chi connectivity index (χ3v) is 4.49. The first-order valence-electron chi connectivity index (χ1n) is 8.60. The molecule has 2 aromatic carbocycles. The van der Waals surface area contributed by atoms with Gasteiger partial charge in [0.15, 0.2) is 0 Å². The van der Waals surface area contributed by atoms with Crippen molar-refractivity contribution in [3.8, 4) is 17.6 Å². The first-order chi connectivity index (χ1) is 13.1. The Hall–Kier alpha value is -3.46. The van der Waals surface area contributed by atoms with Crippen LogP contribution in [-0.4, -0.2) is 31.6 Å². The molecule has 2 aromatic rings. The number of carbonyl (C=O) groups excluding carboxylic acids is 1. The summed E-state index contributed by atoms with van der Waals surface area (Å²) in [5.41, 5.74) is 3.02. The fraction of sp³-hybridized carbons (Fsp3) is 0.238. The molecule has 1 aliphatic heterocycles. The Balaban J connectivity index is 1.77. The minimum atomic E-state index is -0.483. The SMILES string of the molecule is COc1ccc(OC)c(NC(=O)/C(C#N)=C\N2CCc3ccccc3C2)c1. The van der Waals surface area contributed by atoms with Gasteiger partial charge in [-0.2, -0.15) is 5.26 Å². The Morgan fingerprint density at radius 2 is 1.96 bits per heavy atom. The van der Waals surface area contributed by atoms with Gasteiger partial charge in [-0.3, -0.25) is 4.79 Å². The summed E-state index contributed by atoms with van der Waals surface area (Å²) in [5.74, 6) is 0.595.